The molecule has 1 atom stereocenters. The molecule has 0 bridgehead atoms. The number of likely N-dealkylation sites (tertiary alicyclic amines) is 1. The van der Waals surface area contributed by atoms with Gasteiger partial charge in [-0.05, 0) is 38.6 Å². The predicted molar refractivity (Wildman–Crippen MR) is 64.2 cm³/mol. The standard InChI is InChI=1S/C11H18N2O2S/c1-7(2)13-10(14)3-9(11(13)15)16-6-8-4-12-5-8/h7-9,12H,3-6H2,1-2H3. The zero-order valence-corrected chi connectivity index (χ0v) is 10.5. The maximum atomic E-state index is 11.9. The number of hydrogen-bond donors (Lipinski definition) is 1. The average Bonchev–Trinajstić information content (AvgIpc) is 2.39. The highest BCUT2D eigenvalue weighted by atomic mass is 32.2. The summed E-state index contributed by atoms with van der Waals surface area (Å²) >= 11 is 1.65. The second-order valence-electron chi connectivity index (χ2n) is 4.75. The Morgan fingerprint density at radius 1 is 1.44 bits per heavy atom. The van der Waals surface area contributed by atoms with Gasteiger partial charge in [-0.1, -0.05) is 0 Å². The van der Waals surface area contributed by atoms with E-state index in [1.165, 1.54) is 4.90 Å². The van der Waals surface area contributed by atoms with Crippen LogP contribution < -0.4 is 5.32 Å². The van der Waals surface area contributed by atoms with Crippen molar-refractivity contribution in [2.45, 2.75) is 31.6 Å². The molecule has 0 radical (unpaired) electrons. The average molecular weight is 242 g/mol. The van der Waals surface area contributed by atoms with Crippen molar-refractivity contribution in [3.63, 3.8) is 0 Å². The van der Waals surface area contributed by atoms with Crippen LogP contribution in [-0.4, -0.2) is 46.8 Å². The lowest BCUT2D eigenvalue weighted by Crippen LogP contribution is -2.43. The van der Waals surface area contributed by atoms with Crippen LogP contribution in [0.3, 0.4) is 0 Å². The third kappa shape index (κ3) is 2.25. The van der Waals surface area contributed by atoms with Gasteiger partial charge in [0.25, 0.3) is 0 Å². The minimum absolute atomic E-state index is 0.00373. The Bertz CT molecular complexity index is 302. The van der Waals surface area contributed by atoms with Crippen LogP contribution in [0.4, 0.5) is 0 Å². The zero-order chi connectivity index (χ0) is 11.7. The van der Waals surface area contributed by atoms with E-state index < -0.39 is 0 Å². The quantitative estimate of drug-likeness (QED) is 0.728. The van der Waals surface area contributed by atoms with Crippen LogP contribution in [0.15, 0.2) is 0 Å². The van der Waals surface area contributed by atoms with Crippen molar-refractivity contribution in [3.05, 3.63) is 0 Å². The number of rotatable bonds is 4. The molecule has 2 rings (SSSR count). The third-order valence-electron chi connectivity index (χ3n) is 3.06. The first kappa shape index (κ1) is 11.9. The van der Waals surface area contributed by atoms with Gasteiger partial charge in [0.1, 0.15) is 0 Å². The van der Waals surface area contributed by atoms with Crippen LogP contribution >= 0.6 is 11.8 Å². The summed E-state index contributed by atoms with van der Waals surface area (Å²) in [4.78, 5) is 25.0. The van der Waals surface area contributed by atoms with Crippen molar-refractivity contribution >= 4 is 23.6 Å². The van der Waals surface area contributed by atoms with Gasteiger partial charge in [-0.25, -0.2) is 0 Å². The van der Waals surface area contributed by atoms with Crippen LogP contribution in [0.2, 0.25) is 0 Å². The second-order valence-corrected chi connectivity index (χ2v) is 5.98. The highest BCUT2D eigenvalue weighted by molar-refractivity contribution is 8.00. The number of carbonyl (C=O) groups excluding carboxylic acids is 2. The van der Waals surface area contributed by atoms with Crippen LogP contribution in [-0.2, 0) is 9.59 Å². The number of imide groups is 1. The minimum Gasteiger partial charge on any atom is -0.316 e. The first-order valence-electron chi connectivity index (χ1n) is 5.78. The minimum atomic E-state index is -0.129. The molecule has 2 saturated heterocycles. The molecule has 0 saturated carbocycles. The van der Waals surface area contributed by atoms with Gasteiger partial charge >= 0.3 is 0 Å². The highest BCUT2D eigenvalue weighted by Crippen LogP contribution is 2.28. The van der Waals surface area contributed by atoms with E-state index in [0.29, 0.717) is 12.3 Å². The summed E-state index contributed by atoms with van der Waals surface area (Å²) < 4.78 is 0. The summed E-state index contributed by atoms with van der Waals surface area (Å²) in [5, 5.41) is 3.08. The monoisotopic (exact) mass is 242 g/mol. The van der Waals surface area contributed by atoms with Crippen molar-refractivity contribution in [2.75, 3.05) is 18.8 Å². The van der Waals surface area contributed by atoms with Gasteiger partial charge in [0.2, 0.25) is 11.8 Å². The van der Waals surface area contributed by atoms with Crippen molar-refractivity contribution in [1.29, 1.82) is 0 Å². The molecule has 16 heavy (non-hydrogen) atoms. The van der Waals surface area contributed by atoms with E-state index in [2.05, 4.69) is 5.32 Å². The molecular formula is C11H18N2O2S. The molecular weight excluding hydrogens is 224 g/mol. The van der Waals surface area contributed by atoms with Crippen molar-refractivity contribution < 1.29 is 9.59 Å². The number of nitrogens with zero attached hydrogens (tertiary/aromatic N) is 1. The molecule has 1 unspecified atom stereocenters. The van der Waals surface area contributed by atoms with Crippen molar-refractivity contribution in [2.24, 2.45) is 5.92 Å². The Kier molecular flexibility index (Phi) is 3.54. The van der Waals surface area contributed by atoms with Crippen LogP contribution in [0.5, 0.6) is 0 Å². The van der Waals surface area contributed by atoms with Gasteiger partial charge in [-0.2, -0.15) is 0 Å². The molecule has 2 fully saturated rings. The summed E-state index contributed by atoms with van der Waals surface area (Å²) in [7, 11) is 0. The Morgan fingerprint density at radius 2 is 2.12 bits per heavy atom. The fourth-order valence-electron chi connectivity index (χ4n) is 2.01. The topological polar surface area (TPSA) is 49.4 Å². The molecule has 0 aromatic carbocycles. The third-order valence-corrected chi connectivity index (χ3v) is 4.49. The molecule has 0 aromatic rings. The normalized spacial score (nSPS) is 26.7. The first-order valence-corrected chi connectivity index (χ1v) is 6.82. The van der Waals surface area contributed by atoms with E-state index in [1.807, 2.05) is 13.8 Å². The van der Waals surface area contributed by atoms with E-state index in [4.69, 9.17) is 0 Å². The van der Waals surface area contributed by atoms with E-state index in [9.17, 15) is 9.59 Å². The van der Waals surface area contributed by atoms with Gasteiger partial charge in [0.05, 0.1) is 5.25 Å². The molecule has 0 aromatic heterocycles. The van der Waals surface area contributed by atoms with Gasteiger partial charge in [0.15, 0.2) is 0 Å². The van der Waals surface area contributed by atoms with Crippen LogP contribution in [0.25, 0.3) is 0 Å². The smallest absolute Gasteiger partial charge is 0.243 e. The molecule has 1 N–H and O–H groups in total. The highest BCUT2D eigenvalue weighted by Gasteiger charge is 2.40. The molecule has 2 aliphatic rings. The van der Waals surface area contributed by atoms with Gasteiger partial charge < -0.3 is 5.32 Å². The summed E-state index contributed by atoms with van der Waals surface area (Å²) in [5.74, 6) is 1.67. The zero-order valence-electron chi connectivity index (χ0n) is 9.73. The molecule has 2 heterocycles. The molecule has 0 spiro atoms. The predicted octanol–water partition coefficient (Wildman–Crippen LogP) is 0.475. The van der Waals surface area contributed by atoms with Gasteiger partial charge in [0, 0.05) is 12.5 Å². The Labute approximate surface area is 100 Å². The Morgan fingerprint density at radius 3 is 2.56 bits per heavy atom. The Balaban J connectivity index is 1.86. The molecule has 90 valence electrons. The lowest BCUT2D eigenvalue weighted by molar-refractivity contribution is -0.140. The van der Waals surface area contributed by atoms with Crippen LogP contribution in [0.1, 0.15) is 20.3 Å². The van der Waals surface area contributed by atoms with Crippen LogP contribution in [0, 0.1) is 5.92 Å². The molecule has 2 amide bonds. The summed E-state index contributed by atoms with van der Waals surface area (Å²) in [6.07, 6.45) is 0.391. The van der Waals surface area contributed by atoms with Crippen molar-refractivity contribution in [3.8, 4) is 0 Å². The maximum absolute atomic E-state index is 11.9. The second kappa shape index (κ2) is 4.75. The summed E-state index contributed by atoms with van der Waals surface area (Å²) in [5.41, 5.74) is 0. The number of nitrogens with one attached hydrogen (secondary N) is 1. The number of amides is 2. The number of carbonyl (C=O) groups is 2. The molecule has 2 aliphatic heterocycles. The van der Waals surface area contributed by atoms with Gasteiger partial charge in [-0.15, -0.1) is 11.8 Å². The molecule has 5 heteroatoms. The summed E-state index contributed by atoms with van der Waals surface area (Å²) in [6, 6.07) is -0.00373. The SMILES string of the molecule is CC(C)N1C(=O)CC(SCC2CNC2)C1=O. The van der Waals surface area contributed by atoms with E-state index in [-0.39, 0.29) is 23.1 Å². The lowest BCUT2D eigenvalue weighted by Gasteiger charge is -2.27. The fraction of sp³-hybridized carbons (Fsp3) is 0.818. The van der Waals surface area contributed by atoms with Crippen molar-refractivity contribution in [1.82, 2.24) is 10.2 Å². The Hall–Kier alpha value is -0.550. The molecule has 0 aliphatic carbocycles. The van der Waals surface area contributed by atoms with E-state index in [0.717, 1.165) is 18.8 Å². The van der Waals surface area contributed by atoms with Gasteiger partial charge in [-0.3, -0.25) is 14.5 Å². The number of thioether (sulfide) groups is 1. The summed E-state index contributed by atoms with van der Waals surface area (Å²) in [6.45, 7) is 5.88. The fourth-order valence-corrected chi connectivity index (χ4v) is 3.27. The first-order chi connectivity index (χ1) is 7.59. The largest absolute Gasteiger partial charge is 0.316 e. The lowest BCUT2D eigenvalue weighted by atomic mass is 10.1. The van der Waals surface area contributed by atoms with E-state index >= 15 is 0 Å². The number of hydrogen-bond acceptors (Lipinski definition) is 4. The molecule has 4 nitrogen and oxygen atoms in total. The van der Waals surface area contributed by atoms with E-state index in [1.54, 1.807) is 11.8 Å². The maximum Gasteiger partial charge on any atom is 0.243 e.